The van der Waals surface area contributed by atoms with Crippen LogP contribution >= 0.6 is 0 Å². The van der Waals surface area contributed by atoms with Crippen molar-refractivity contribution in [2.45, 2.75) is 69.7 Å². The lowest BCUT2D eigenvalue weighted by molar-refractivity contribution is 0.0976. The molecule has 0 saturated carbocycles. The standard InChI is InChI=1S/C25H34FN3O4S/c1-24(2,3)21-12-11-20(22(26)28-21)23(30)29-34(31,32)19-10-6-9-18(14-19)33-13-7-8-17-15-25(4,5)27-16-17/h6,9-12,14,17,27H,7-8,13,15-16H2,1-5H3,(H,29,30). The van der Waals surface area contributed by atoms with E-state index < -0.39 is 32.9 Å². The summed E-state index contributed by atoms with van der Waals surface area (Å²) in [6.45, 7) is 11.4. The van der Waals surface area contributed by atoms with Crippen molar-refractivity contribution in [1.29, 1.82) is 0 Å². The topological polar surface area (TPSA) is 97.4 Å². The molecule has 186 valence electrons. The molecule has 1 amide bonds. The number of carbonyl (C=O) groups is 1. The third kappa shape index (κ3) is 6.76. The molecular formula is C25H34FN3O4S. The lowest BCUT2D eigenvalue weighted by Gasteiger charge is -2.18. The number of nitrogens with one attached hydrogen (secondary N) is 2. The van der Waals surface area contributed by atoms with Crippen LogP contribution in [0.3, 0.4) is 0 Å². The smallest absolute Gasteiger partial charge is 0.269 e. The second-order valence-corrected chi connectivity index (χ2v) is 12.2. The van der Waals surface area contributed by atoms with E-state index in [1.807, 2.05) is 25.5 Å². The van der Waals surface area contributed by atoms with Gasteiger partial charge in [0.15, 0.2) is 0 Å². The van der Waals surface area contributed by atoms with Gasteiger partial charge in [0.1, 0.15) is 5.75 Å². The maximum Gasteiger partial charge on any atom is 0.269 e. The molecule has 3 rings (SSSR count). The highest BCUT2D eigenvalue weighted by Crippen LogP contribution is 2.27. The highest BCUT2D eigenvalue weighted by molar-refractivity contribution is 7.90. The molecule has 2 N–H and O–H groups in total. The maximum atomic E-state index is 14.4. The number of hydrogen-bond donors (Lipinski definition) is 2. The van der Waals surface area contributed by atoms with Crippen LogP contribution in [0.5, 0.6) is 5.75 Å². The number of halogens is 1. The number of sulfonamides is 1. The minimum atomic E-state index is -4.22. The molecule has 0 radical (unpaired) electrons. The second kappa shape index (κ2) is 10.00. The molecule has 0 spiro atoms. The number of rotatable bonds is 8. The quantitative estimate of drug-likeness (QED) is 0.425. The summed E-state index contributed by atoms with van der Waals surface area (Å²) in [5, 5.41) is 3.50. The van der Waals surface area contributed by atoms with Gasteiger partial charge in [0.25, 0.3) is 15.9 Å². The fraction of sp³-hybridized carbons (Fsp3) is 0.520. The Labute approximate surface area is 201 Å². The Balaban J connectivity index is 1.60. The van der Waals surface area contributed by atoms with Crippen molar-refractivity contribution < 1.29 is 22.3 Å². The van der Waals surface area contributed by atoms with Gasteiger partial charge in [0.2, 0.25) is 5.95 Å². The van der Waals surface area contributed by atoms with Gasteiger partial charge in [-0.1, -0.05) is 26.8 Å². The number of amides is 1. The number of pyridine rings is 1. The summed E-state index contributed by atoms with van der Waals surface area (Å²) >= 11 is 0. The first-order valence-electron chi connectivity index (χ1n) is 11.5. The van der Waals surface area contributed by atoms with Crippen molar-refractivity contribution in [3.63, 3.8) is 0 Å². The van der Waals surface area contributed by atoms with Gasteiger partial charge in [0.05, 0.1) is 17.1 Å². The van der Waals surface area contributed by atoms with E-state index in [2.05, 4.69) is 24.1 Å². The average molecular weight is 492 g/mol. The first kappa shape index (κ1) is 26.1. The second-order valence-electron chi connectivity index (χ2n) is 10.5. The van der Waals surface area contributed by atoms with Gasteiger partial charge < -0.3 is 10.1 Å². The van der Waals surface area contributed by atoms with Crippen molar-refractivity contribution in [3.05, 3.63) is 53.6 Å². The summed E-state index contributed by atoms with van der Waals surface area (Å²) in [4.78, 5) is 16.2. The Kier molecular flexibility index (Phi) is 7.67. The van der Waals surface area contributed by atoms with Gasteiger partial charge in [0, 0.05) is 22.7 Å². The fourth-order valence-electron chi connectivity index (χ4n) is 4.04. The van der Waals surface area contributed by atoms with Gasteiger partial charge >= 0.3 is 0 Å². The first-order valence-corrected chi connectivity index (χ1v) is 13.0. The predicted molar refractivity (Wildman–Crippen MR) is 129 cm³/mol. The molecule has 1 saturated heterocycles. The zero-order valence-corrected chi connectivity index (χ0v) is 21.3. The average Bonchev–Trinajstić information content (AvgIpc) is 3.09. The van der Waals surface area contributed by atoms with Crippen LogP contribution in [0, 0.1) is 11.9 Å². The molecule has 34 heavy (non-hydrogen) atoms. The van der Waals surface area contributed by atoms with Gasteiger partial charge in [-0.15, -0.1) is 0 Å². The Bertz CT molecular complexity index is 1140. The molecule has 1 atom stereocenters. The van der Waals surface area contributed by atoms with Crippen LogP contribution in [0.4, 0.5) is 4.39 Å². The summed E-state index contributed by atoms with van der Waals surface area (Å²) in [6.07, 6.45) is 3.00. The number of hydrogen-bond acceptors (Lipinski definition) is 6. The molecule has 0 bridgehead atoms. The van der Waals surface area contributed by atoms with Crippen LogP contribution in [-0.2, 0) is 15.4 Å². The van der Waals surface area contributed by atoms with Gasteiger partial charge in [-0.2, -0.15) is 4.39 Å². The van der Waals surface area contributed by atoms with Crippen LogP contribution in [0.2, 0.25) is 0 Å². The molecule has 1 unspecified atom stereocenters. The Hall–Kier alpha value is -2.52. The van der Waals surface area contributed by atoms with Gasteiger partial charge in [-0.25, -0.2) is 18.1 Å². The fourth-order valence-corrected chi connectivity index (χ4v) is 5.04. The van der Waals surface area contributed by atoms with E-state index in [9.17, 15) is 17.6 Å². The van der Waals surface area contributed by atoms with Crippen molar-refractivity contribution in [1.82, 2.24) is 15.0 Å². The highest BCUT2D eigenvalue weighted by atomic mass is 32.2. The van der Waals surface area contributed by atoms with E-state index >= 15 is 0 Å². The van der Waals surface area contributed by atoms with Crippen molar-refractivity contribution in [2.75, 3.05) is 13.2 Å². The minimum absolute atomic E-state index is 0.139. The van der Waals surface area contributed by atoms with Gasteiger partial charge in [-0.3, -0.25) is 4.79 Å². The minimum Gasteiger partial charge on any atom is -0.494 e. The van der Waals surface area contributed by atoms with Crippen LogP contribution in [0.15, 0.2) is 41.3 Å². The molecule has 1 fully saturated rings. The van der Waals surface area contributed by atoms with Crippen molar-refractivity contribution >= 4 is 15.9 Å². The highest BCUT2D eigenvalue weighted by Gasteiger charge is 2.29. The number of benzene rings is 1. The zero-order chi connectivity index (χ0) is 25.1. The Morgan fingerprint density at radius 2 is 2.00 bits per heavy atom. The molecule has 2 heterocycles. The van der Waals surface area contributed by atoms with E-state index in [0.717, 1.165) is 25.8 Å². The van der Waals surface area contributed by atoms with Crippen molar-refractivity contribution in [2.24, 2.45) is 5.92 Å². The molecule has 1 aromatic heterocycles. The van der Waals surface area contributed by atoms with Crippen LogP contribution in [0.1, 0.15) is 69.9 Å². The van der Waals surface area contributed by atoms with Gasteiger partial charge in [-0.05, 0) is 69.8 Å². The summed E-state index contributed by atoms with van der Waals surface area (Å²) in [6, 6.07) is 8.67. The Morgan fingerprint density at radius 3 is 2.62 bits per heavy atom. The van der Waals surface area contributed by atoms with E-state index in [-0.39, 0.29) is 10.4 Å². The first-order chi connectivity index (χ1) is 15.8. The third-order valence-corrected chi connectivity index (χ3v) is 7.23. The van der Waals surface area contributed by atoms with E-state index in [1.165, 1.54) is 30.3 Å². The summed E-state index contributed by atoms with van der Waals surface area (Å²) < 4.78 is 47.5. The summed E-state index contributed by atoms with van der Waals surface area (Å²) in [5.41, 5.74) is -0.213. The molecule has 1 aliphatic heterocycles. The van der Waals surface area contributed by atoms with Crippen molar-refractivity contribution in [3.8, 4) is 5.75 Å². The molecule has 0 aliphatic carbocycles. The lowest BCUT2D eigenvalue weighted by atomic mass is 9.91. The van der Waals surface area contributed by atoms with E-state index in [1.54, 1.807) is 6.07 Å². The Morgan fingerprint density at radius 1 is 1.26 bits per heavy atom. The van der Waals surface area contributed by atoms with E-state index in [0.29, 0.717) is 24.0 Å². The maximum absolute atomic E-state index is 14.4. The number of ether oxygens (including phenoxy) is 1. The van der Waals surface area contributed by atoms with E-state index in [4.69, 9.17) is 4.74 Å². The SMILES string of the molecule is CC1(C)CC(CCCOc2cccc(S(=O)(=O)NC(=O)c3ccc(C(C)(C)C)nc3F)c2)CN1. The molecule has 2 aromatic rings. The van der Waals surface area contributed by atoms with Crippen LogP contribution < -0.4 is 14.8 Å². The zero-order valence-electron chi connectivity index (χ0n) is 20.4. The lowest BCUT2D eigenvalue weighted by Crippen LogP contribution is -2.31. The number of carbonyl (C=O) groups excluding carboxylic acids is 1. The predicted octanol–water partition coefficient (Wildman–Crippen LogP) is 4.18. The van der Waals surface area contributed by atoms with Crippen LogP contribution in [0.25, 0.3) is 0 Å². The molecule has 9 heteroatoms. The largest absolute Gasteiger partial charge is 0.494 e. The number of nitrogens with zero attached hydrogens (tertiary/aromatic N) is 1. The van der Waals surface area contributed by atoms with Crippen LogP contribution in [-0.4, -0.2) is 38.0 Å². The number of aromatic nitrogens is 1. The third-order valence-electron chi connectivity index (χ3n) is 5.90. The summed E-state index contributed by atoms with van der Waals surface area (Å²) in [7, 11) is -4.22. The normalized spacial score (nSPS) is 18.0. The molecule has 1 aromatic carbocycles. The molecule has 7 nitrogen and oxygen atoms in total. The monoisotopic (exact) mass is 491 g/mol. The summed E-state index contributed by atoms with van der Waals surface area (Å²) in [5.74, 6) is -1.10. The molecule has 1 aliphatic rings. The molecular weight excluding hydrogens is 457 g/mol.